The lowest BCUT2D eigenvalue weighted by molar-refractivity contribution is -0.720. The van der Waals surface area contributed by atoms with E-state index in [1.165, 1.54) is 66.9 Å². The van der Waals surface area contributed by atoms with Gasteiger partial charge in [0.2, 0.25) is 17.1 Å². The summed E-state index contributed by atoms with van der Waals surface area (Å²) in [5, 5.41) is 2.14. The molecule has 6 heterocycles. The zero-order valence-electron chi connectivity index (χ0n) is 37.0. The molecule has 8 aromatic rings. The SMILES string of the molecule is C=C1C2c3ccccc3-c3ccc(C)c[n+]3C2CCc2ccc3c(oc4nc(-c5c(C(C)C)ccc(-c6ccccc6)c5C(C)C)ccc43)c2-c2cc(C)c(CC(C)C)c[n+]21. The van der Waals surface area contributed by atoms with Gasteiger partial charge in [-0.05, 0) is 114 Å². The first kappa shape index (κ1) is 39.0. The van der Waals surface area contributed by atoms with E-state index in [1.807, 2.05) is 0 Å². The van der Waals surface area contributed by atoms with E-state index in [4.69, 9.17) is 16.0 Å². The molecule has 0 N–H and O–H groups in total. The summed E-state index contributed by atoms with van der Waals surface area (Å²) in [6, 6.07) is 40.7. The number of benzene rings is 4. The molecule has 4 heteroatoms. The Morgan fingerprint density at radius 1 is 0.738 bits per heavy atom. The number of pyridine rings is 3. The Kier molecular flexibility index (Phi) is 9.66. The van der Waals surface area contributed by atoms with Gasteiger partial charge >= 0.3 is 0 Å². The number of aryl methyl sites for hydroxylation is 3. The average Bonchev–Trinajstić information content (AvgIpc) is 3.64. The summed E-state index contributed by atoms with van der Waals surface area (Å²) in [5.74, 6) is 1.21. The Bertz CT molecular complexity index is 3040. The second kappa shape index (κ2) is 15.1. The number of nitrogens with zero attached hydrogens (tertiary/aromatic N) is 3. The maximum atomic E-state index is 7.18. The minimum Gasteiger partial charge on any atom is -0.437 e. The van der Waals surface area contributed by atoms with Gasteiger partial charge in [0.05, 0.1) is 16.8 Å². The first-order valence-electron chi connectivity index (χ1n) is 22.4. The molecule has 10 rings (SSSR count). The number of allylic oxidation sites excluding steroid dienone is 1. The molecule has 304 valence electrons. The van der Waals surface area contributed by atoms with E-state index in [1.54, 1.807) is 0 Å². The Balaban J connectivity index is 1.22. The highest BCUT2D eigenvalue weighted by atomic mass is 16.3. The number of fused-ring (bicyclic) bond motifs is 13. The smallest absolute Gasteiger partial charge is 0.227 e. The predicted molar refractivity (Wildman–Crippen MR) is 252 cm³/mol. The molecule has 2 aliphatic heterocycles. The zero-order valence-corrected chi connectivity index (χ0v) is 37.0. The van der Waals surface area contributed by atoms with Gasteiger partial charge in [-0.25, -0.2) is 4.98 Å². The van der Waals surface area contributed by atoms with Crippen LogP contribution in [0.25, 0.3) is 72.7 Å². The number of aromatic nitrogens is 3. The van der Waals surface area contributed by atoms with Gasteiger partial charge in [-0.3, -0.25) is 0 Å². The van der Waals surface area contributed by atoms with Gasteiger partial charge in [-0.1, -0.05) is 114 Å². The molecule has 0 saturated heterocycles. The molecule has 0 radical (unpaired) electrons. The van der Waals surface area contributed by atoms with Crippen LogP contribution in [-0.2, 0) is 12.8 Å². The molecule has 0 saturated carbocycles. The lowest BCUT2D eigenvalue weighted by Crippen LogP contribution is -2.51. The van der Waals surface area contributed by atoms with Gasteiger partial charge in [-0.2, -0.15) is 9.13 Å². The number of hydrogen-bond acceptors (Lipinski definition) is 2. The van der Waals surface area contributed by atoms with Crippen molar-refractivity contribution >= 4 is 27.8 Å². The highest BCUT2D eigenvalue weighted by Crippen LogP contribution is 2.48. The van der Waals surface area contributed by atoms with Crippen LogP contribution >= 0.6 is 0 Å². The van der Waals surface area contributed by atoms with Crippen LogP contribution in [0.4, 0.5) is 0 Å². The van der Waals surface area contributed by atoms with E-state index in [-0.39, 0.29) is 17.9 Å². The van der Waals surface area contributed by atoms with Crippen LogP contribution in [0.3, 0.4) is 0 Å². The third-order valence-electron chi connectivity index (χ3n) is 13.5. The number of hydrogen-bond donors (Lipinski definition) is 0. The van der Waals surface area contributed by atoms with E-state index >= 15 is 0 Å². The van der Waals surface area contributed by atoms with Crippen LogP contribution in [0.2, 0.25) is 0 Å². The molecule has 61 heavy (non-hydrogen) atoms. The maximum absolute atomic E-state index is 7.18. The van der Waals surface area contributed by atoms with Crippen molar-refractivity contribution < 1.29 is 13.6 Å². The fourth-order valence-electron chi connectivity index (χ4n) is 10.7. The minimum absolute atomic E-state index is 0.0792. The highest BCUT2D eigenvalue weighted by Gasteiger charge is 2.46. The van der Waals surface area contributed by atoms with Gasteiger partial charge in [-0.15, -0.1) is 0 Å². The van der Waals surface area contributed by atoms with Gasteiger partial charge in [0.1, 0.15) is 5.92 Å². The van der Waals surface area contributed by atoms with Crippen molar-refractivity contribution in [2.75, 3.05) is 0 Å². The largest absolute Gasteiger partial charge is 0.437 e. The normalized spacial score (nSPS) is 16.0. The van der Waals surface area contributed by atoms with Gasteiger partial charge in [0, 0.05) is 46.0 Å². The van der Waals surface area contributed by atoms with Crippen LogP contribution in [0.1, 0.15) is 111 Å². The van der Waals surface area contributed by atoms with Crippen molar-refractivity contribution in [2.45, 2.75) is 98.4 Å². The summed E-state index contributed by atoms with van der Waals surface area (Å²) in [6.07, 6.45) is 7.61. The molecule has 4 aromatic carbocycles. The van der Waals surface area contributed by atoms with Crippen LogP contribution in [0.5, 0.6) is 0 Å². The summed E-state index contributed by atoms with van der Waals surface area (Å²) in [6.45, 7) is 23.3. The zero-order chi connectivity index (χ0) is 42.3. The molecular weight excluding hydrogens is 743 g/mol. The van der Waals surface area contributed by atoms with Crippen LogP contribution in [0.15, 0.2) is 133 Å². The van der Waals surface area contributed by atoms with E-state index < -0.39 is 0 Å². The van der Waals surface area contributed by atoms with Crippen molar-refractivity contribution in [3.63, 3.8) is 0 Å². The fraction of sp³-hybridized carbons (Fsp3) is 0.281. The molecule has 2 aliphatic rings. The predicted octanol–water partition coefficient (Wildman–Crippen LogP) is 14.0. The topological polar surface area (TPSA) is 33.8 Å². The second-order valence-corrected chi connectivity index (χ2v) is 18.8. The fourth-order valence-corrected chi connectivity index (χ4v) is 10.7. The van der Waals surface area contributed by atoms with Crippen LogP contribution < -0.4 is 9.13 Å². The van der Waals surface area contributed by atoms with Crippen LogP contribution in [0, 0.1) is 19.8 Å². The van der Waals surface area contributed by atoms with Gasteiger partial charge < -0.3 is 4.42 Å². The van der Waals surface area contributed by atoms with E-state index in [2.05, 4.69) is 186 Å². The van der Waals surface area contributed by atoms with E-state index in [9.17, 15) is 0 Å². The second-order valence-electron chi connectivity index (χ2n) is 18.8. The molecule has 4 nitrogen and oxygen atoms in total. The molecule has 0 amide bonds. The first-order valence-corrected chi connectivity index (χ1v) is 22.4. The molecule has 0 aliphatic carbocycles. The molecule has 2 unspecified atom stereocenters. The first-order chi connectivity index (χ1) is 29.5. The van der Waals surface area contributed by atoms with E-state index in [0.29, 0.717) is 17.5 Å². The quantitative estimate of drug-likeness (QED) is 0.157. The molecule has 0 fully saturated rings. The van der Waals surface area contributed by atoms with Gasteiger partial charge in [0.25, 0.3) is 0 Å². The lowest BCUT2D eigenvalue weighted by Gasteiger charge is -2.29. The summed E-state index contributed by atoms with van der Waals surface area (Å²) in [7, 11) is 0. The Morgan fingerprint density at radius 2 is 1.51 bits per heavy atom. The van der Waals surface area contributed by atoms with Crippen LogP contribution in [-0.4, -0.2) is 4.98 Å². The molecule has 2 atom stereocenters. The van der Waals surface area contributed by atoms with Crippen molar-refractivity contribution in [2.24, 2.45) is 5.92 Å². The van der Waals surface area contributed by atoms with Crippen molar-refractivity contribution in [1.82, 2.24) is 4.98 Å². The third-order valence-corrected chi connectivity index (χ3v) is 13.5. The summed E-state index contributed by atoms with van der Waals surface area (Å²) >= 11 is 0. The molecule has 0 spiro atoms. The molecular formula is C57H57N3O+2. The average molecular weight is 800 g/mol. The summed E-state index contributed by atoms with van der Waals surface area (Å²) in [5.41, 5.74) is 21.4. The Morgan fingerprint density at radius 3 is 2.28 bits per heavy atom. The number of rotatable bonds is 6. The van der Waals surface area contributed by atoms with Crippen molar-refractivity contribution in [3.05, 3.63) is 167 Å². The third kappa shape index (κ3) is 6.45. The maximum Gasteiger partial charge on any atom is 0.227 e. The van der Waals surface area contributed by atoms with Gasteiger partial charge in [0.15, 0.2) is 29.7 Å². The highest BCUT2D eigenvalue weighted by molar-refractivity contribution is 6.09. The Labute approximate surface area is 361 Å². The number of furan rings is 1. The standard InChI is InChI=1S/C57H57N3O/c1-33(2)29-41-32-59-38(9)53-45-18-14-13-17-44(45)49-27-19-36(7)31-60(49)50(53)28-21-40-20-22-46-47-25-26-48(58-57(47)61-56(46)54(40)51(59)30-37(41)8)55-42(34(3)4)23-24-43(52(55)35(5)6)39-15-11-10-12-16-39/h10-20,22-27,30-35,50,53H,9,21,28-29H2,1-8H3/q+2. The van der Waals surface area contributed by atoms with Crippen molar-refractivity contribution in [3.8, 4) is 44.9 Å². The Hall–Kier alpha value is -6.13. The summed E-state index contributed by atoms with van der Waals surface area (Å²) in [4.78, 5) is 5.47. The molecule has 0 bridgehead atoms. The molecule has 4 aromatic heterocycles. The summed E-state index contributed by atoms with van der Waals surface area (Å²) < 4.78 is 12.2. The van der Waals surface area contributed by atoms with E-state index in [0.717, 1.165) is 58.3 Å². The van der Waals surface area contributed by atoms with Crippen molar-refractivity contribution in [1.29, 1.82) is 0 Å². The monoisotopic (exact) mass is 799 g/mol. The lowest BCUT2D eigenvalue weighted by atomic mass is 9.79. The minimum atomic E-state index is 0.0792.